The lowest BCUT2D eigenvalue weighted by molar-refractivity contribution is 1.06. The Morgan fingerprint density at radius 2 is 1.95 bits per heavy atom. The van der Waals surface area contributed by atoms with Gasteiger partial charge in [0.15, 0.2) is 0 Å². The largest absolute Gasteiger partial charge is 0.316 e. The zero-order valence-corrected chi connectivity index (χ0v) is 15.7. The molecule has 0 fully saturated rings. The number of halogens is 2. The molecule has 110 valence electrons. The van der Waals surface area contributed by atoms with Crippen molar-refractivity contribution < 1.29 is 0 Å². The van der Waals surface area contributed by atoms with Crippen LogP contribution in [0.1, 0.15) is 11.3 Å². The quantitative estimate of drug-likeness (QED) is 0.339. The Hall–Kier alpha value is -1.40. The average Bonchev–Trinajstić information content (AvgIpc) is 2.95. The maximum Gasteiger partial charge on any atom is 0.0660 e. The van der Waals surface area contributed by atoms with Crippen LogP contribution in [-0.2, 0) is 0 Å². The molecule has 0 atom stereocenters. The molecular formula is C18H14BrIN2. The topological polar surface area (TPSA) is 17.3 Å². The molecule has 2 aromatic carbocycles. The lowest BCUT2D eigenvalue weighted by atomic mass is 10.2. The average molecular weight is 465 g/mol. The van der Waals surface area contributed by atoms with Gasteiger partial charge >= 0.3 is 0 Å². The van der Waals surface area contributed by atoms with E-state index in [1.165, 1.54) is 9.13 Å². The van der Waals surface area contributed by atoms with Crippen molar-refractivity contribution in [1.29, 1.82) is 0 Å². The summed E-state index contributed by atoms with van der Waals surface area (Å²) in [5.41, 5.74) is 4.35. The lowest BCUT2D eigenvalue weighted by Gasteiger charge is -2.07. The monoisotopic (exact) mass is 464 g/mol. The van der Waals surface area contributed by atoms with Gasteiger partial charge in [-0.05, 0) is 83.6 Å². The molecular weight excluding hydrogens is 451 g/mol. The number of aromatic nitrogens is 1. The second-order valence-corrected chi connectivity index (χ2v) is 7.13. The van der Waals surface area contributed by atoms with Gasteiger partial charge in [-0.15, -0.1) is 0 Å². The van der Waals surface area contributed by atoms with Gasteiger partial charge in [0, 0.05) is 19.9 Å². The molecule has 0 aliphatic carbocycles. The molecule has 0 unspecified atom stereocenters. The van der Waals surface area contributed by atoms with Gasteiger partial charge in [0.2, 0.25) is 0 Å². The van der Waals surface area contributed by atoms with Crippen molar-refractivity contribution in [3.05, 3.63) is 80.1 Å². The molecule has 0 aliphatic heterocycles. The minimum atomic E-state index is 1.00. The van der Waals surface area contributed by atoms with Crippen LogP contribution < -0.4 is 0 Å². The third-order valence-electron chi connectivity index (χ3n) is 3.36. The third kappa shape index (κ3) is 3.50. The summed E-state index contributed by atoms with van der Waals surface area (Å²) in [6, 6.07) is 18.6. The SMILES string of the molecule is Cc1cc(I)ccc1N=Cc1cccn1-c1cccc(Br)c1. The molecule has 0 radical (unpaired) electrons. The minimum absolute atomic E-state index is 1.00. The summed E-state index contributed by atoms with van der Waals surface area (Å²) in [4.78, 5) is 4.64. The van der Waals surface area contributed by atoms with Gasteiger partial charge in [-0.2, -0.15) is 0 Å². The number of hydrogen-bond donors (Lipinski definition) is 0. The van der Waals surface area contributed by atoms with E-state index in [0.29, 0.717) is 0 Å². The Morgan fingerprint density at radius 3 is 2.73 bits per heavy atom. The van der Waals surface area contributed by atoms with Gasteiger partial charge in [0.05, 0.1) is 17.6 Å². The maximum atomic E-state index is 4.64. The standard InChI is InChI=1S/C18H14BrIN2/c1-13-10-15(20)7-8-18(13)21-12-17-6-3-9-22(17)16-5-2-4-14(19)11-16/h2-12H,1H3. The number of aliphatic imine (C=N–C) groups is 1. The van der Waals surface area contributed by atoms with E-state index in [1.54, 1.807) is 0 Å². The molecule has 1 heterocycles. The van der Waals surface area contributed by atoms with Crippen LogP contribution in [0, 0.1) is 10.5 Å². The Kier molecular flexibility index (Phi) is 4.78. The Morgan fingerprint density at radius 1 is 1.09 bits per heavy atom. The molecule has 3 rings (SSSR count). The third-order valence-corrected chi connectivity index (χ3v) is 4.53. The van der Waals surface area contributed by atoms with Crippen molar-refractivity contribution in [1.82, 2.24) is 4.57 Å². The van der Waals surface area contributed by atoms with Crippen molar-refractivity contribution in [2.24, 2.45) is 4.99 Å². The van der Waals surface area contributed by atoms with Crippen molar-refractivity contribution in [2.75, 3.05) is 0 Å². The number of aryl methyl sites for hydroxylation is 1. The molecule has 0 aliphatic rings. The van der Waals surface area contributed by atoms with Gasteiger partial charge in [0.1, 0.15) is 0 Å². The van der Waals surface area contributed by atoms with Crippen molar-refractivity contribution in [2.45, 2.75) is 6.92 Å². The summed E-state index contributed by atoms with van der Waals surface area (Å²) in [5.74, 6) is 0. The predicted octanol–water partition coefficient (Wildman–Crippen LogP) is 5.90. The normalized spacial score (nSPS) is 11.2. The first-order valence-corrected chi connectivity index (χ1v) is 8.74. The Bertz CT molecular complexity index is 837. The molecule has 0 saturated carbocycles. The van der Waals surface area contributed by atoms with Crippen LogP contribution in [0.3, 0.4) is 0 Å². The first-order valence-electron chi connectivity index (χ1n) is 6.87. The van der Waals surface area contributed by atoms with Crippen molar-refractivity contribution >= 4 is 50.4 Å². The molecule has 4 heteroatoms. The molecule has 1 aromatic heterocycles. The van der Waals surface area contributed by atoms with E-state index in [9.17, 15) is 0 Å². The summed E-state index contributed by atoms with van der Waals surface area (Å²) >= 11 is 5.83. The predicted molar refractivity (Wildman–Crippen MR) is 105 cm³/mol. The number of benzene rings is 2. The van der Waals surface area contributed by atoms with Gasteiger partial charge in [-0.1, -0.05) is 22.0 Å². The number of nitrogens with zero attached hydrogens (tertiary/aromatic N) is 2. The fourth-order valence-corrected chi connectivity index (χ4v) is 3.29. The lowest BCUT2D eigenvalue weighted by Crippen LogP contribution is -1.97. The van der Waals surface area contributed by atoms with Crippen LogP contribution >= 0.6 is 38.5 Å². The van der Waals surface area contributed by atoms with Crippen LogP contribution in [-0.4, -0.2) is 10.8 Å². The van der Waals surface area contributed by atoms with Crippen molar-refractivity contribution in [3.63, 3.8) is 0 Å². The number of rotatable bonds is 3. The van der Waals surface area contributed by atoms with E-state index >= 15 is 0 Å². The molecule has 0 saturated heterocycles. The van der Waals surface area contributed by atoms with E-state index in [1.807, 2.05) is 30.6 Å². The summed E-state index contributed by atoms with van der Waals surface area (Å²) < 4.78 is 4.41. The van der Waals surface area contributed by atoms with Crippen LogP contribution in [0.15, 0.2) is 70.3 Å². The summed E-state index contributed by atoms with van der Waals surface area (Å²) in [6.07, 6.45) is 3.96. The minimum Gasteiger partial charge on any atom is -0.316 e. The van der Waals surface area contributed by atoms with Crippen LogP contribution in [0.5, 0.6) is 0 Å². The first-order chi connectivity index (χ1) is 10.6. The molecule has 3 aromatic rings. The molecule has 0 N–H and O–H groups in total. The Balaban J connectivity index is 1.94. The van der Waals surface area contributed by atoms with Crippen LogP contribution in [0.4, 0.5) is 5.69 Å². The van der Waals surface area contributed by atoms with E-state index in [0.717, 1.165) is 21.5 Å². The number of hydrogen-bond acceptors (Lipinski definition) is 1. The van der Waals surface area contributed by atoms with Crippen LogP contribution in [0.2, 0.25) is 0 Å². The highest BCUT2D eigenvalue weighted by Crippen LogP contribution is 2.21. The maximum absolute atomic E-state index is 4.64. The summed E-state index contributed by atoms with van der Waals surface area (Å²) in [7, 11) is 0. The summed E-state index contributed by atoms with van der Waals surface area (Å²) in [5, 5.41) is 0. The second-order valence-electron chi connectivity index (χ2n) is 4.97. The molecule has 0 spiro atoms. The first kappa shape index (κ1) is 15.5. The van der Waals surface area contributed by atoms with E-state index < -0.39 is 0 Å². The second kappa shape index (κ2) is 6.79. The summed E-state index contributed by atoms with van der Waals surface area (Å²) in [6.45, 7) is 2.09. The fourth-order valence-electron chi connectivity index (χ4n) is 2.26. The van der Waals surface area contributed by atoms with Gasteiger partial charge in [-0.25, -0.2) is 0 Å². The zero-order chi connectivity index (χ0) is 15.5. The van der Waals surface area contributed by atoms with E-state index in [4.69, 9.17) is 0 Å². The zero-order valence-electron chi connectivity index (χ0n) is 12.0. The fraction of sp³-hybridized carbons (Fsp3) is 0.0556. The highest BCUT2D eigenvalue weighted by molar-refractivity contribution is 14.1. The van der Waals surface area contributed by atoms with Crippen molar-refractivity contribution in [3.8, 4) is 5.69 Å². The highest BCUT2D eigenvalue weighted by Gasteiger charge is 2.02. The smallest absolute Gasteiger partial charge is 0.0660 e. The molecule has 2 nitrogen and oxygen atoms in total. The van der Waals surface area contributed by atoms with Gasteiger partial charge < -0.3 is 4.57 Å². The highest BCUT2D eigenvalue weighted by atomic mass is 127. The van der Waals surface area contributed by atoms with Gasteiger partial charge in [0.25, 0.3) is 0 Å². The van der Waals surface area contributed by atoms with Gasteiger partial charge in [-0.3, -0.25) is 4.99 Å². The molecule has 22 heavy (non-hydrogen) atoms. The van der Waals surface area contributed by atoms with E-state index in [-0.39, 0.29) is 0 Å². The molecule has 0 bridgehead atoms. The van der Waals surface area contributed by atoms with Crippen LogP contribution in [0.25, 0.3) is 5.69 Å². The van der Waals surface area contributed by atoms with E-state index in [2.05, 4.69) is 91.4 Å². The Labute approximate surface area is 152 Å². The molecule has 0 amide bonds.